The number of rotatable bonds is 5. The Labute approximate surface area is 144 Å². The molecule has 8 heteroatoms. The van der Waals surface area contributed by atoms with E-state index < -0.39 is 0 Å². The number of hydrogen-bond donors (Lipinski definition) is 3. The molecule has 0 radical (unpaired) electrons. The smallest absolute Gasteiger partial charge is 0.323 e. The van der Waals surface area contributed by atoms with E-state index >= 15 is 0 Å². The van der Waals surface area contributed by atoms with Gasteiger partial charge >= 0.3 is 11.7 Å². The number of benzene rings is 1. The van der Waals surface area contributed by atoms with E-state index in [9.17, 15) is 14.4 Å². The Hall–Kier alpha value is -2.61. The Morgan fingerprint density at radius 1 is 1.32 bits per heavy atom. The van der Waals surface area contributed by atoms with Crippen molar-refractivity contribution >= 4 is 28.6 Å². The van der Waals surface area contributed by atoms with Crippen molar-refractivity contribution in [2.75, 3.05) is 31.6 Å². The lowest BCUT2D eigenvalue weighted by Crippen LogP contribution is -2.43. The first-order chi connectivity index (χ1) is 12.0. The average molecular weight is 346 g/mol. The lowest BCUT2D eigenvalue weighted by molar-refractivity contribution is -0.150. The number of aromatic nitrogens is 2. The van der Waals surface area contributed by atoms with Crippen LogP contribution in [0.1, 0.15) is 19.8 Å². The molecule has 25 heavy (non-hydrogen) atoms. The molecule has 1 aromatic carbocycles. The highest BCUT2D eigenvalue weighted by Crippen LogP contribution is 2.18. The molecule has 1 saturated heterocycles. The van der Waals surface area contributed by atoms with E-state index in [1.165, 1.54) is 0 Å². The molecule has 1 aliphatic rings. The number of hydrogen-bond acceptors (Lipinski definition) is 5. The van der Waals surface area contributed by atoms with Crippen LogP contribution in [0.15, 0.2) is 23.0 Å². The fourth-order valence-corrected chi connectivity index (χ4v) is 3.17. The maximum Gasteiger partial charge on any atom is 0.323 e. The summed E-state index contributed by atoms with van der Waals surface area (Å²) in [6.07, 6.45) is 1.67. The fourth-order valence-electron chi connectivity index (χ4n) is 3.17. The first-order valence-electron chi connectivity index (χ1n) is 8.46. The molecule has 0 aliphatic carbocycles. The molecule has 0 saturated carbocycles. The van der Waals surface area contributed by atoms with Gasteiger partial charge in [0.15, 0.2) is 0 Å². The van der Waals surface area contributed by atoms with Gasteiger partial charge < -0.3 is 20.0 Å². The topological polar surface area (TPSA) is 107 Å². The van der Waals surface area contributed by atoms with Gasteiger partial charge in [0.2, 0.25) is 5.91 Å². The standard InChI is InChI=1S/C17H22N4O4/c1-2-25-16(23)11-4-3-7-21(9-11)10-15(22)18-12-5-6-13-14(8-12)20-17(24)19-13/h5-6,8,11H,2-4,7,9-10H2,1H3,(H,18,22)(H2,19,20,24)/t11-/m0/s1. The van der Waals surface area contributed by atoms with Gasteiger partial charge in [-0.15, -0.1) is 0 Å². The molecule has 1 amide bonds. The quantitative estimate of drug-likeness (QED) is 0.702. The third-order valence-corrected chi connectivity index (χ3v) is 4.29. The number of piperidine rings is 1. The normalized spacial score (nSPS) is 18.2. The lowest BCUT2D eigenvalue weighted by atomic mass is 9.98. The van der Waals surface area contributed by atoms with Crippen molar-refractivity contribution in [3.05, 3.63) is 28.7 Å². The number of nitrogens with zero attached hydrogens (tertiary/aromatic N) is 1. The summed E-state index contributed by atoms with van der Waals surface area (Å²) in [7, 11) is 0. The molecule has 2 aromatic rings. The van der Waals surface area contributed by atoms with Crippen LogP contribution in [0.3, 0.4) is 0 Å². The zero-order valence-electron chi connectivity index (χ0n) is 14.1. The van der Waals surface area contributed by atoms with Gasteiger partial charge in [-0.2, -0.15) is 0 Å². The summed E-state index contributed by atoms with van der Waals surface area (Å²) in [4.78, 5) is 42.7. The highest BCUT2D eigenvalue weighted by Gasteiger charge is 2.27. The van der Waals surface area contributed by atoms with Crippen LogP contribution >= 0.6 is 0 Å². The molecule has 1 aliphatic heterocycles. The summed E-state index contributed by atoms with van der Waals surface area (Å²) < 4.78 is 5.08. The number of H-pyrrole nitrogens is 2. The van der Waals surface area contributed by atoms with Gasteiger partial charge in [-0.1, -0.05) is 0 Å². The number of nitrogens with one attached hydrogen (secondary N) is 3. The van der Waals surface area contributed by atoms with E-state index in [0.717, 1.165) is 19.4 Å². The molecule has 1 aromatic heterocycles. The Kier molecular flexibility index (Phi) is 5.18. The summed E-state index contributed by atoms with van der Waals surface area (Å²) in [6, 6.07) is 5.19. The minimum absolute atomic E-state index is 0.151. The second-order valence-electron chi connectivity index (χ2n) is 6.21. The van der Waals surface area contributed by atoms with Crippen molar-refractivity contribution < 1.29 is 14.3 Å². The van der Waals surface area contributed by atoms with Gasteiger partial charge in [-0.25, -0.2) is 4.79 Å². The molecule has 0 bridgehead atoms. The number of ether oxygens (including phenoxy) is 1. The number of fused-ring (bicyclic) bond motifs is 1. The highest BCUT2D eigenvalue weighted by molar-refractivity contribution is 5.94. The predicted octanol–water partition coefficient (Wildman–Crippen LogP) is 1.07. The SMILES string of the molecule is CCOC(=O)[C@H]1CCCN(CC(=O)Nc2ccc3[nH]c(=O)[nH]c3c2)C1. The molecular weight excluding hydrogens is 324 g/mol. The highest BCUT2D eigenvalue weighted by atomic mass is 16.5. The van der Waals surface area contributed by atoms with Crippen LogP contribution in [0, 0.1) is 5.92 Å². The van der Waals surface area contributed by atoms with Crippen LogP contribution in [-0.2, 0) is 14.3 Å². The third kappa shape index (κ3) is 4.27. The lowest BCUT2D eigenvalue weighted by Gasteiger charge is -2.30. The summed E-state index contributed by atoms with van der Waals surface area (Å²) in [5.74, 6) is -0.501. The van der Waals surface area contributed by atoms with Crippen molar-refractivity contribution in [2.24, 2.45) is 5.92 Å². The van der Waals surface area contributed by atoms with E-state index in [0.29, 0.717) is 29.9 Å². The zero-order chi connectivity index (χ0) is 17.8. The van der Waals surface area contributed by atoms with Gasteiger partial charge in [0.1, 0.15) is 0 Å². The summed E-state index contributed by atoms with van der Waals surface area (Å²) in [5, 5.41) is 2.83. The van der Waals surface area contributed by atoms with Gasteiger partial charge in [-0.05, 0) is 44.5 Å². The number of carbonyl (C=O) groups excluding carboxylic acids is 2. The Balaban J connectivity index is 1.57. The molecule has 0 unspecified atom stereocenters. The van der Waals surface area contributed by atoms with E-state index in [1.54, 1.807) is 25.1 Å². The third-order valence-electron chi connectivity index (χ3n) is 4.29. The van der Waals surface area contributed by atoms with Gasteiger partial charge in [0.05, 0.1) is 30.1 Å². The molecule has 2 heterocycles. The average Bonchev–Trinajstić information content (AvgIpc) is 2.94. The van der Waals surface area contributed by atoms with Crippen molar-refractivity contribution in [1.29, 1.82) is 0 Å². The number of esters is 1. The zero-order valence-corrected chi connectivity index (χ0v) is 14.1. The number of likely N-dealkylation sites (tertiary alicyclic amines) is 1. The Morgan fingerprint density at radius 2 is 2.12 bits per heavy atom. The number of imidazole rings is 1. The molecule has 1 atom stereocenters. The largest absolute Gasteiger partial charge is 0.466 e. The molecular formula is C17H22N4O4. The second kappa shape index (κ2) is 7.52. The molecule has 8 nitrogen and oxygen atoms in total. The first-order valence-corrected chi connectivity index (χ1v) is 8.46. The van der Waals surface area contributed by atoms with Crippen LogP contribution in [0.25, 0.3) is 11.0 Å². The number of amides is 1. The monoisotopic (exact) mass is 346 g/mol. The van der Waals surface area contributed by atoms with Crippen LogP contribution < -0.4 is 11.0 Å². The summed E-state index contributed by atoms with van der Waals surface area (Å²) in [6.45, 7) is 3.71. The fraction of sp³-hybridized carbons (Fsp3) is 0.471. The van der Waals surface area contributed by atoms with Crippen LogP contribution in [0.2, 0.25) is 0 Å². The molecule has 134 valence electrons. The summed E-state index contributed by atoms with van der Waals surface area (Å²) in [5.41, 5.74) is 1.67. The molecule has 0 spiro atoms. The number of anilines is 1. The van der Waals surface area contributed by atoms with Crippen LogP contribution in [-0.4, -0.2) is 53.0 Å². The predicted molar refractivity (Wildman–Crippen MR) is 93.3 cm³/mol. The van der Waals surface area contributed by atoms with Crippen LogP contribution in [0.4, 0.5) is 5.69 Å². The molecule has 3 rings (SSSR count). The Bertz CT molecular complexity index is 825. The van der Waals surface area contributed by atoms with Crippen molar-refractivity contribution in [1.82, 2.24) is 14.9 Å². The van der Waals surface area contributed by atoms with Crippen molar-refractivity contribution in [3.63, 3.8) is 0 Å². The van der Waals surface area contributed by atoms with E-state index in [1.807, 2.05) is 4.90 Å². The minimum atomic E-state index is -0.281. The molecule has 3 N–H and O–H groups in total. The van der Waals surface area contributed by atoms with Gasteiger partial charge in [-0.3, -0.25) is 14.5 Å². The van der Waals surface area contributed by atoms with E-state index in [4.69, 9.17) is 4.74 Å². The number of carbonyl (C=O) groups is 2. The summed E-state index contributed by atoms with van der Waals surface area (Å²) >= 11 is 0. The minimum Gasteiger partial charge on any atom is -0.466 e. The van der Waals surface area contributed by atoms with Crippen LogP contribution in [0.5, 0.6) is 0 Å². The van der Waals surface area contributed by atoms with Crippen molar-refractivity contribution in [2.45, 2.75) is 19.8 Å². The van der Waals surface area contributed by atoms with Gasteiger partial charge in [0, 0.05) is 12.2 Å². The Morgan fingerprint density at radius 3 is 2.92 bits per heavy atom. The second-order valence-corrected chi connectivity index (χ2v) is 6.21. The first kappa shape index (κ1) is 17.2. The van der Waals surface area contributed by atoms with E-state index in [-0.39, 0.29) is 30.0 Å². The van der Waals surface area contributed by atoms with Crippen molar-refractivity contribution in [3.8, 4) is 0 Å². The van der Waals surface area contributed by atoms with E-state index in [2.05, 4.69) is 15.3 Å². The maximum atomic E-state index is 12.3. The maximum absolute atomic E-state index is 12.3. The number of aromatic amines is 2. The van der Waals surface area contributed by atoms with Gasteiger partial charge in [0.25, 0.3) is 0 Å². The molecule has 1 fully saturated rings.